The molecule has 0 saturated heterocycles. The molecule has 6 nitrogen and oxygen atoms in total. The zero-order valence-corrected chi connectivity index (χ0v) is 16.7. The summed E-state index contributed by atoms with van der Waals surface area (Å²) in [5.41, 5.74) is 2.76. The number of aromatic nitrogens is 2. The van der Waals surface area contributed by atoms with Gasteiger partial charge in [-0.15, -0.1) is 0 Å². The third kappa shape index (κ3) is 5.00. The maximum Gasteiger partial charge on any atom is 0.251 e. The molecule has 8 heteroatoms. The molecule has 2 aromatic carbocycles. The van der Waals surface area contributed by atoms with Gasteiger partial charge in [0.2, 0.25) is 5.91 Å². The first-order valence-corrected chi connectivity index (χ1v) is 9.36. The van der Waals surface area contributed by atoms with Crippen molar-refractivity contribution < 1.29 is 14.0 Å². The molecule has 1 unspecified atom stereocenters. The highest BCUT2D eigenvalue weighted by atomic mass is 35.5. The molecule has 1 aromatic heterocycles. The van der Waals surface area contributed by atoms with E-state index in [-0.39, 0.29) is 30.2 Å². The lowest BCUT2D eigenvalue weighted by Crippen LogP contribution is -2.38. The molecule has 0 aliphatic rings. The number of hydrogen-bond donors (Lipinski definition) is 2. The number of carbonyl (C=O) groups is 2. The number of halogens is 2. The first-order valence-electron chi connectivity index (χ1n) is 8.98. The third-order valence-corrected chi connectivity index (χ3v) is 4.69. The van der Waals surface area contributed by atoms with Crippen molar-refractivity contribution in [2.75, 3.05) is 6.54 Å². The Morgan fingerprint density at radius 2 is 1.93 bits per heavy atom. The number of nitrogens with one attached hydrogen (secondary N) is 2. The summed E-state index contributed by atoms with van der Waals surface area (Å²) in [6.07, 6.45) is 1.66. The van der Waals surface area contributed by atoms with Crippen LogP contribution in [0.4, 0.5) is 4.39 Å². The smallest absolute Gasteiger partial charge is 0.251 e. The molecule has 0 aliphatic heterocycles. The van der Waals surface area contributed by atoms with Crippen LogP contribution in [0.15, 0.2) is 54.7 Å². The quantitative estimate of drug-likeness (QED) is 0.647. The van der Waals surface area contributed by atoms with Crippen molar-refractivity contribution in [3.8, 4) is 5.69 Å². The highest BCUT2D eigenvalue weighted by molar-refractivity contribution is 6.30. The Morgan fingerprint density at radius 3 is 2.62 bits per heavy atom. The fourth-order valence-corrected chi connectivity index (χ4v) is 3.14. The van der Waals surface area contributed by atoms with Gasteiger partial charge >= 0.3 is 0 Å². The maximum absolute atomic E-state index is 13.1. The van der Waals surface area contributed by atoms with Gasteiger partial charge < -0.3 is 10.6 Å². The SMILES string of the molecule is Cc1c(C(C)NC(=O)CNC(=O)c2cccc(Cl)c2)cnn1-c1ccc(F)cc1. The van der Waals surface area contributed by atoms with Crippen LogP contribution in [0, 0.1) is 12.7 Å². The molecule has 0 fully saturated rings. The van der Waals surface area contributed by atoms with Gasteiger partial charge in [0.25, 0.3) is 5.91 Å². The van der Waals surface area contributed by atoms with Gasteiger partial charge in [-0.1, -0.05) is 17.7 Å². The number of hydrogen-bond acceptors (Lipinski definition) is 3. The topological polar surface area (TPSA) is 76.0 Å². The molecular formula is C21H20ClFN4O2. The fraction of sp³-hybridized carbons (Fsp3) is 0.190. The summed E-state index contributed by atoms with van der Waals surface area (Å²) in [6.45, 7) is 3.53. The Kier molecular flexibility index (Phi) is 6.29. The van der Waals surface area contributed by atoms with Crippen LogP contribution in [0.25, 0.3) is 5.69 Å². The molecule has 0 saturated carbocycles. The van der Waals surface area contributed by atoms with Crippen molar-refractivity contribution in [2.45, 2.75) is 19.9 Å². The first-order chi connectivity index (χ1) is 13.8. The molecule has 29 heavy (non-hydrogen) atoms. The van der Waals surface area contributed by atoms with Crippen LogP contribution in [0.2, 0.25) is 5.02 Å². The van der Waals surface area contributed by atoms with Crippen molar-refractivity contribution in [1.82, 2.24) is 20.4 Å². The van der Waals surface area contributed by atoms with Crippen molar-refractivity contribution in [2.24, 2.45) is 0 Å². The largest absolute Gasteiger partial charge is 0.348 e. The van der Waals surface area contributed by atoms with E-state index >= 15 is 0 Å². The fourth-order valence-electron chi connectivity index (χ4n) is 2.95. The van der Waals surface area contributed by atoms with E-state index in [9.17, 15) is 14.0 Å². The van der Waals surface area contributed by atoms with Crippen molar-refractivity contribution in [3.63, 3.8) is 0 Å². The summed E-state index contributed by atoms with van der Waals surface area (Å²) in [7, 11) is 0. The molecule has 0 spiro atoms. The monoisotopic (exact) mass is 414 g/mol. The molecule has 2 N–H and O–H groups in total. The van der Waals surface area contributed by atoms with E-state index in [1.807, 2.05) is 13.8 Å². The molecule has 3 aromatic rings. The van der Waals surface area contributed by atoms with Crippen molar-refractivity contribution in [3.05, 3.63) is 82.4 Å². The standard InChI is InChI=1S/C21H20ClFN4O2/c1-13(19-11-25-27(14(19)2)18-8-6-17(23)7-9-18)26-20(28)12-24-21(29)15-4-3-5-16(22)10-15/h3-11,13H,12H2,1-2H3,(H,24,29)(H,26,28). The van der Waals surface area contributed by atoms with Gasteiger partial charge in [-0.3, -0.25) is 9.59 Å². The minimum atomic E-state index is -0.379. The van der Waals surface area contributed by atoms with Crippen LogP contribution < -0.4 is 10.6 Å². The second-order valence-electron chi connectivity index (χ2n) is 6.56. The van der Waals surface area contributed by atoms with Crippen LogP contribution in [-0.2, 0) is 4.79 Å². The van der Waals surface area contributed by atoms with Gasteiger partial charge in [0.1, 0.15) is 5.82 Å². The van der Waals surface area contributed by atoms with Gasteiger partial charge in [0, 0.05) is 21.8 Å². The summed E-state index contributed by atoms with van der Waals surface area (Å²) >= 11 is 5.87. The van der Waals surface area contributed by atoms with Gasteiger partial charge in [0.15, 0.2) is 0 Å². The average molecular weight is 415 g/mol. The average Bonchev–Trinajstić information content (AvgIpc) is 3.08. The summed E-state index contributed by atoms with van der Waals surface area (Å²) in [5, 5.41) is 10.2. The minimum absolute atomic E-state index is 0.166. The van der Waals surface area contributed by atoms with E-state index in [0.29, 0.717) is 10.6 Å². The first kappa shape index (κ1) is 20.5. The third-order valence-electron chi connectivity index (χ3n) is 4.46. The van der Waals surface area contributed by atoms with E-state index in [0.717, 1.165) is 16.9 Å². The Hall–Kier alpha value is -3.19. The van der Waals surface area contributed by atoms with E-state index in [1.165, 1.54) is 18.2 Å². The lowest BCUT2D eigenvalue weighted by molar-refractivity contribution is -0.120. The zero-order valence-electron chi connectivity index (χ0n) is 15.9. The molecule has 150 valence electrons. The Morgan fingerprint density at radius 1 is 1.21 bits per heavy atom. The van der Waals surface area contributed by atoms with Crippen LogP contribution in [0.1, 0.15) is 34.6 Å². The second kappa shape index (κ2) is 8.87. The van der Waals surface area contributed by atoms with Crippen LogP contribution >= 0.6 is 11.6 Å². The molecule has 3 rings (SSSR count). The van der Waals surface area contributed by atoms with Gasteiger partial charge in [-0.25, -0.2) is 9.07 Å². The Balaban J connectivity index is 1.60. The molecule has 2 amide bonds. The lowest BCUT2D eigenvalue weighted by Gasteiger charge is -2.14. The minimum Gasteiger partial charge on any atom is -0.348 e. The lowest BCUT2D eigenvalue weighted by atomic mass is 10.1. The van der Waals surface area contributed by atoms with E-state index in [1.54, 1.807) is 41.2 Å². The summed E-state index contributed by atoms with van der Waals surface area (Å²) < 4.78 is 14.8. The van der Waals surface area contributed by atoms with Gasteiger partial charge in [0.05, 0.1) is 24.5 Å². The molecule has 0 radical (unpaired) electrons. The van der Waals surface area contributed by atoms with Crippen LogP contribution in [0.5, 0.6) is 0 Å². The normalized spacial score (nSPS) is 11.7. The second-order valence-corrected chi connectivity index (χ2v) is 6.99. The number of benzene rings is 2. The zero-order chi connectivity index (χ0) is 21.0. The van der Waals surface area contributed by atoms with Crippen LogP contribution in [-0.4, -0.2) is 28.1 Å². The molecular weight excluding hydrogens is 395 g/mol. The predicted octanol–water partition coefficient (Wildman–Crippen LogP) is 3.58. The van der Waals surface area contributed by atoms with Crippen LogP contribution in [0.3, 0.4) is 0 Å². The Labute approximate surface area is 172 Å². The number of nitrogens with zero attached hydrogens (tertiary/aromatic N) is 2. The van der Waals surface area contributed by atoms with Crippen molar-refractivity contribution in [1.29, 1.82) is 0 Å². The predicted molar refractivity (Wildman–Crippen MR) is 109 cm³/mol. The summed E-state index contributed by atoms with van der Waals surface area (Å²) in [5.74, 6) is -1.03. The van der Waals surface area contributed by atoms with E-state index < -0.39 is 0 Å². The Bertz CT molecular complexity index is 1030. The highest BCUT2D eigenvalue weighted by Crippen LogP contribution is 2.20. The molecule has 1 atom stereocenters. The van der Waals surface area contributed by atoms with Gasteiger partial charge in [-0.2, -0.15) is 5.10 Å². The summed E-state index contributed by atoms with van der Waals surface area (Å²) in [4.78, 5) is 24.3. The highest BCUT2D eigenvalue weighted by Gasteiger charge is 2.17. The molecule has 0 bridgehead atoms. The number of carbonyl (C=O) groups excluding carboxylic acids is 2. The maximum atomic E-state index is 13.1. The van der Waals surface area contributed by atoms with E-state index in [2.05, 4.69) is 15.7 Å². The molecule has 1 heterocycles. The number of rotatable bonds is 6. The summed E-state index contributed by atoms with van der Waals surface area (Å²) in [6, 6.07) is 12.2. The van der Waals surface area contributed by atoms with E-state index in [4.69, 9.17) is 11.6 Å². The van der Waals surface area contributed by atoms with Crippen molar-refractivity contribution >= 4 is 23.4 Å². The van der Waals surface area contributed by atoms with Gasteiger partial charge in [-0.05, 0) is 56.3 Å². The number of amides is 2. The molecule has 0 aliphatic carbocycles.